The number of hydrogen-bond donors (Lipinski definition) is 1. The van der Waals surface area contributed by atoms with E-state index < -0.39 is 0 Å². The molecule has 0 radical (unpaired) electrons. The highest BCUT2D eigenvalue weighted by molar-refractivity contribution is 8.01. The van der Waals surface area contributed by atoms with Crippen molar-refractivity contribution in [2.75, 3.05) is 6.54 Å². The molecule has 3 aromatic rings. The fourth-order valence-corrected chi connectivity index (χ4v) is 4.58. The second kappa shape index (κ2) is 6.60. The van der Waals surface area contributed by atoms with E-state index in [1.165, 1.54) is 15.2 Å². The van der Waals surface area contributed by atoms with Gasteiger partial charge in [0.15, 0.2) is 4.34 Å². The Morgan fingerprint density at radius 1 is 1.14 bits per heavy atom. The Kier molecular flexibility index (Phi) is 4.58. The van der Waals surface area contributed by atoms with Crippen LogP contribution >= 0.6 is 23.1 Å². The molecule has 108 valence electrons. The van der Waals surface area contributed by atoms with E-state index >= 15 is 0 Å². The molecule has 4 heteroatoms. The lowest BCUT2D eigenvalue weighted by Gasteiger charge is -2.16. The number of para-hydroxylation sites is 1. The second-order valence-electron chi connectivity index (χ2n) is 4.87. The smallest absolute Gasteiger partial charge is 0.155 e. The minimum Gasteiger partial charge on any atom is -0.310 e. The Morgan fingerprint density at radius 2 is 1.90 bits per heavy atom. The van der Waals surface area contributed by atoms with E-state index in [4.69, 9.17) is 4.98 Å². The molecule has 0 aliphatic rings. The number of rotatable bonds is 5. The van der Waals surface area contributed by atoms with Gasteiger partial charge in [-0.3, -0.25) is 0 Å². The number of aromatic nitrogens is 1. The van der Waals surface area contributed by atoms with Crippen LogP contribution in [0.3, 0.4) is 0 Å². The molecule has 1 heterocycles. The Labute approximate surface area is 133 Å². The molecule has 0 saturated heterocycles. The van der Waals surface area contributed by atoms with Gasteiger partial charge in [0, 0.05) is 10.9 Å². The molecule has 21 heavy (non-hydrogen) atoms. The summed E-state index contributed by atoms with van der Waals surface area (Å²) >= 11 is 3.52. The van der Waals surface area contributed by atoms with Crippen LogP contribution in [0.1, 0.15) is 25.5 Å². The van der Waals surface area contributed by atoms with Gasteiger partial charge in [0.25, 0.3) is 0 Å². The monoisotopic (exact) mass is 314 g/mol. The van der Waals surface area contributed by atoms with E-state index in [0.717, 1.165) is 16.4 Å². The molecule has 1 unspecified atom stereocenters. The number of hydrogen-bond acceptors (Lipinski definition) is 4. The van der Waals surface area contributed by atoms with Gasteiger partial charge >= 0.3 is 0 Å². The third-order valence-electron chi connectivity index (χ3n) is 3.37. The molecule has 0 amide bonds. The van der Waals surface area contributed by atoms with Crippen LogP contribution in [0, 0.1) is 0 Å². The minimum absolute atomic E-state index is 0.355. The van der Waals surface area contributed by atoms with Crippen LogP contribution in [0.15, 0.2) is 57.8 Å². The number of benzene rings is 2. The van der Waals surface area contributed by atoms with Crippen molar-refractivity contribution in [3.63, 3.8) is 0 Å². The van der Waals surface area contributed by atoms with E-state index in [1.807, 2.05) is 6.07 Å². The maximum atomic E-state index is 4.72. The maximum Gasteiger partial charge on any atom is 0.155 e. The molecule has 2 aromatic carbocycles. The van der Waals surface area contributed by atoms with Gasteiger partial charge in [0.1, 0.15) is 0 Å². The van der Waals surface area contributed by atoms with Crippen molar-refractivity contribution in [2.24, 2.45) is 0 Å². The van der Waals surface area contributed by atoms with E-state index in [0.29, 0.717) is 6.04 Å². The molecule has 0 saturated carbocycles. The topological polar surface area (TPSA) is 24.9 Å². The highest BCUT2D eigenvalue weighted by atomic mass is 32.2. The molecule has 1 aromatic heterocycles. The summed E-state index contributed by atoms with van der Waals surface area (Å²) in [5.41, 5.74) is 2.42. The first-order chi connectivity index (χ1) is 10.3. The molecular formula is C17H18N2S2. The van der Waals surface area contributed by atoms with E-state index in [2.05, 4.69) is 61.6 Å². The fraction of sp³-hybridized carbons (Fsp3) is 0.235. The van der Waals surface area contributed by atoms with E-state index in [1.54, 1.807) is 23.1 Å². The van der Waals surface area contributed by atoms with Gasteiger partial charge in [-0.05, 0) is 37.2 Å². The Hall–Kier alpha value is -1.36. The van der Waals surface area contributed by atoms with Crippen LogP contribution in [0.5, 0.6) is 0 Å². The van der Waals surface area contributed by atoms with Crippen molar-refractivity contribution in [1.29, 1.82) is 0 Å². The van der Waals surface area contributed by atoms with Gasteiger partial charge in [0.2, 0.25) is 0 Å². The zero-order valence-corrected chi connectivity index (χ0v) is 13.8. The standard InChI is InChI=1S/C17H18N2S2/c1-3-18-12(2)13-8-4-6-10-15(13)20-17-19-14-9-5-7-11-16(14)21-17/h4-12,18H,3H2,1-2H3. The Bertz CT molecular complexity index is 703. The normalized spacial score (nSPS) is 12.7. The van der Waals surface area contributed by atoms with Gasteiger partial charge in [0.05, 0.1) is 10.2 Å². The first-order valence-electron chi connectivity index (χ1n) is 7.13. The van der Waals surface area contributed by atoms with Crippen molar-refractivity contribution in [2.45, 2.75) is 29.1 Å². The molecule has 1 atom stereocenters. The zero-order valence-electron chi connectivity index (χ0n) is 12.2. The number of thiazole rings is 1. The average molecular weight is 314 g/mol. The second-order valence-corrected chi connectivity index (χ2v) is 7.19. The lowest BCUT2D eigenvalue weighted by Crippen LogP contribution is -2.18. The third-order valence-corrected chi connectivity index (χ3v) is 5.56. The quantitative estimate of drug-likeness (QED) is 0.707. The summed E-state index contributed by atoms with van der Waals surface area (Å²) in [5.74, 6) is 0. The van der Waals surface area contributed by atoms with Gasteiger partial charge in [-0.25, -0.2) is 4.98 Å². The third kappa shape index (κ3) is 3.28. The van der Waals surface area contributed by atoms with Crippen LogP contribution in [-0.2, 0) is 0 Å². The molecule has 1 N–H and O–H groups in total. The molecule has 0 fully saturated rings. The maximum absolute atomic E-state index is 4.72. The van der Waals surface area contributed by atoms with Crippen LogP contribution in [-0.4, -0.2) is 11.5 Å². The summed E-state index contributed by atoms with van der Waals surface area (Å²) in [7, 11) is 0. The highest BCUT2D eigenvalue weighted by Crippen LogP contribution is 2.37. The van der Waals surface area contributed by atoms with E-state index in [-0.39, 0.29) is 0 Å². The number of nitrogens with zero attached hydrogens (tertiary/aromatic N) is 1. The summed E-state index contributed by atoms with van der Waals surface area (Å²) in [6.07, 6.45) is 0. The largest absolute Gasteiger partial charge is 0.310 e. The minimum atomic E-state index is 0.355. The Morgan fingerprint density at radius 3 is 2.71 bits per heavy atom. The van der Waals surface area contributed by atoms with Gasteiger partial charge in [-0.2, -0.15) is 0 Å². The molecule has 0 bridgehead atoms. The molecule has 2 nitrogen and oxygen atoms in total. The average Bonchev–Trinajstić information content (AvgIpc) is 2.90. The fourth-order valence-electron chi connectivity index (χ4n) is 2.34. The SMILES string of the molecule is CCNC(C)c1ccccc1Sc1nc2ccccc2s1. The summed E-state index contributed by atoms with van der Waals surface area (Å²) in [6, 6.07) is 17.2. The lowest BCUT2D eigenvalue weighted by molar-refractivity contribution is 0.590. The summed E-state index contributed by atoms with van der Waals surface area (Å²) < 4.78 is 2.35. The predicted molar refractivity (Wildman–Crippen MR) is 92.3 cm³/mol. The van der Waals surface area contributed by atoms with Crippen LogP contribution in [0.2, 0.25) is 0 Å². The molecule has 0 aliphatic carbocycles. The number of fused-ring (bicyclic) bond motifs is 1. The van der Waals surface area contributed by atoms with Gasteiger partial charge < -0.3 is 5.32 Å². The van der Waals surface area contributed by atoms with Crippen LogP contribution < -0.4 is 5.32 Å². The van der Waals surface area contributed by atoms with Crippen LogP contribution in [0.4, 0.5) is 0 Å². The van der Waals surface area contributed by atoms with Crippen molar-refractivity contribution >= 4 is 33.3 Å². The van der Waals surface area contributed by atoms with Crippen molar-refractivity contribution in [3.05, 3.63) is 54.1 Å². The predicted octanol–water partition coefficient (Wildman–Crippen LogP) is 5.12. The van der Waals surface area contributed by atoms with Crippen molar-refractivity contribution in [1.82, 2.24) is 10.3 Å². The van der Waals surface area contributed by atoms with Gasteiger partial charge in [-0.1, -0.05) is 49.0 Å². The van der Waals surface area contributed by atoms with Crippen molar-refractivity contribution < 1.29 is 0 Å². The summed E-state index contributed by atoms with van der Waals surface area (Å²) in [5, 5.41) is 3.48. The first-order valence-corrected chi connectivity index (χ1v) is 8.77. The summed E-state index contributed by atoms with van der Waals surface area (Å²) in [4.78, 5) is 6.00. The molecule has 0 spiro atoms. The van der Waals surface area contributed by atoms with Crippen LogP contribution in [0.25, 0.3) is 10.2 Å². The van der Waals surface area contributed by atoms with Crippen molar-refractivity contribution in [3.8, 4) is 0 Å². The molecular weight excluding hydrogens is 296 g/mol. The molecule has 3 rings (SSSR count). The number of nitrogens with one attached hydrogen (secondary N) is 1. The lowest BCUT2D eigenvalue weighted by atomic mass is 10.1. The Balaban J connectivity index is 1.90. The van der Waals surface area contributed by atoms with E-state index in [9.17, 15) is 0 Å². The highest BCUT2D eigenvalue weighted by Gasteiger charge is 2.12. The summed E-state index contributed by atoms with van der Waals surface area (Å²) in [6.45, 7) is 5.32. The van der Waals surface area contributed by atoms with Gasteiger partial charge in [-0.15, -0.1) is 11.3 Å². The first kappa shape index (κ1) is 14.6. The molecule has 0 aliphatic heterocycles. The zero-order chi connectivity index (χ0) is 14.7.